The fraction of sp³-hybridized carbons (Fsp3) is 0. The number of phenolic OH excluding ortho intramolecular Hbond substituents is 1. The number of halogens is 1. The van der Waals surface area contributed by atoms with E-state index in [0.717, 1.165) is 4.47 Å². The first-order valence-electron chi connectivity index (χ1n) is 3.68. The van der Waals surface area contributed by atoms with Gasteiger partial charge in [0.15, 0.2) is 9.35 Å². The van der Waals surface area contributed by atoms with Crippen LogP contribution in [0.15, 0.2) is 27.0 Å². The molecule has 0 aliphatic carbocycles. The Kier molecular flexibility index (Phi) is 2.76. The number of rotatable bonds is 1. The number of thiol groups is 1. The minimum Gasteiger partial charge on any atom is -0.507 e. The van der Waals surface area contributed by atoms with Gasteiger partial charge in [-0.25, -0.2) is 0 Å². The summed E-state index contributed by atoms with van der Waals surface area (Å²) in [5, 5.41) is 17.9. The van der Waals surface area contributed by atoms with E-state index in [9.17, 15) is 5.11 Å². The van der Waals surface area contributed by atoms with Crippen LogP contribution in [0.5, 0.6) is 5.75 Å². The molecule has 0 saturated carbocycles. The average molecular weight is 289 g/mol. The molecule has 1 aromatic heterocycles. The van der Waals surface area contributed by atoms with Gasteiger partial charge in [-0.3, -0.25) is 0 Å². The number of aromatic hydroxyl groups is 1. The van der Waals surface area contributed by atoms with Crippen molar-refractivity contribution in [1.82, 2.24) is 10.2 Å². The second kappa shape index (κ2) is 3.88. The molecule has 1 aromatic carbocycles. The third-order valence-electron chi connectivity index (χ3n) is 1.60. The molecular weight excluding hydrogens is 284 g/mol. The Bertz CT molecular complexity index is 472. The molecule has 6 heteroatoms. The van der Waals surface area contributed by atoms with E-state index in [4.69, 9.17) is 0 Å². The summed E-state index contributed by atoms with van der Waals surface area (Å²) in [6.45, 7) is 0. The minimum atomic E-state index is 0.192. The molecule has 14 heavy (non-hydrogen) atoms. The number of nitrogens with zero attached hydrogens (tertiary/aromatic N) is 2. The van der Waals surface area contributed by atoms with Gasteiger partial charge in [0.05, 0.1) is 5.56 Å². The quantitative estimate of drug-likeness (QED) is 0.793. The van der Waals surface area contributed by atoms with Crippen LogP contribution in [-0.4, -0.2) is 15.3 Å². The highest BCUT2D eigenvalue weighted by atomic mass is 79.9. The Morgan fingerprint density at radius 2 is 2.14 bits per heavy atom. The number of benzene rings is 1. The average Bonchev–Trinajstić information content (AvgIpc) is 2.56. The molecule has 0 radical (unpaired) electrons. The Morgan fingerprint density at radius 3 is 2.79 bits per heavy atom. The van der Waals surface area contributed by atoms with Gasteiger partial charge < -0.3 is 5.11 Å². The molecule has 0 atom stereocenters. The largest absolute Gasteiger partial charge is 0.507 e. The highest BCUT2D eigenvalue weighted by Crippen LogP contribution is 2.34. The summed E-state index contributed by atoms with van der Waals surface area (Å²) in [7, 11) is 0. The Hall–Kier alpha value is -0.590. The zero-order chi connectivity index (χ0) is 10.1. The van der Waals surface area contributed by atoms with E-state index in [1.165, 1.54) is 11.3 Å². The predicted octanol–water partition coefficient (Wildman–Crippen LogP) is 2.96. The van der Waals surface area contributed by atoms with E-state index >= 15 is 0 Å². The summed E-state index contributed by atoms with van der Waals surface area (Å²) in [5.41, 5.74) is 0.664. The standard InChI is InChI=1S/C8H5BrN2OS2/c9-4-1-2-6(12)5(3-4)7-10-11-8(13)14-7/h1-3,12H,(H,11,13). The highest BCUT2D eigenvalue weighted by Gasteiger charge is 2.09. The van der Waals surface area contributed by atoms with Crippen LogP contribution in [0.4, 0.5) is 0 Å². The molecule has 0 unspecified atom stereocenters. The monoisotopic (exact) mass is 288 g/mol. The summed E-state index contributed by atoms with van der Waals surface area (Å²) in [5.74, 6) is 0.192. The van der Waals surface area contributed by atoms with Gasteiger partial charge in [0.2, 0.25) is 0 Å². The van der Waals surface area contributed by atoms with Crippen molar-refractivity contribution in [3.05, 3.63) is 22.7 Å². The van der Waals surface area contributed by atoms with Crippen molar-refractivity contribution in [2.75, 3.05) is 0 Å². The van der Waals surface area contributed by atoms with E-state index in [0.29, 0.717) is 14.9 Å². The molecule has 0 fully saturated rings. The molecule has 0 spiro atoms. The Morgan fingerprint density at radius 1 is 1.36 bits per heavy atom. The maximum atomic E-state index is 9.59. The molecule has 1 N–H and O–H groups in total. The second-order valence-corrected chi connectivity index (χ2v) is 5.17. The molecule has 0 saturated heterocycles. The van der Waals surface area contributed by atoms with Crippen LogP contribution >= 0.6 is 39.9 Å². The molecule has 72 valence electrons. The number of hydrogen-bond donors (Lipinski definition) is 2. The first-order valence-corrected chi connectivity index (χ1v) is 5.74. The Labute approximate surface area is 98.4 Å². The van der Waals surface area contributed by atoms with Crippen LogP contribution in [0.25, 0.3) is 10.6 Å². The molecule has 0 amide bonds. The summed E-state index contributed by atoms with van der Waals surface area (Å²) in [6, 6.07) is 5.17. The normalized spacial score (nSPS) is 10.4. The van der Waals surface area contributed by atoms with Gasteiger partial charge in [0.1, 0.15) is 5.75 Å². The van der Waals surface area contributed by atoms with Crippen molar-refractivity contribution in [1.29, 1.82) is 0 Å². The van der Waals surface area contributed by atoms with Crippen LogP contribution in [0.3, 0.4) is 0 Å². The zero-order valence-electron chi connectivity index (χ0n) is 6.81. The molecule has 3 nitrogen and oxygen atoms in total. The van der Waals surface area contributed by atoms with Crippen molar-refractivity contribution in [2.24, 2.45) is 0 Å². The maximum absolute atomic E-state index is 9.59. The first-order chi connectivity index (χ1) is 6.66. The third kappa shape index (κ3) is 1.92. The van der Waals surface area contributed by atoms with Crippen molar-refractivity contribution < 1.29 is 5.11 Å². The lowest BCUT2D eigenvalue weighted by atomic mass is 10.2. The van der Waals surface area contributed by atoms with Crippen molar-refractivity contribution in [2.45, 2.75) is 4.34 Å². The first kappa shape index (κ1) is 9.95. The van der Waals surface area contributed by atoms with E-state index in [-0.39, 0.29) is 5.75 Å². The van der Waals surface area contributed by atoms with Gasteiger partial charge in [-0.15, -0.1) is 22.8 Å². The summed E-state index contributed by atoms with van der Waals surface area (Å²) in [4.78, 5) is 0. The third-order valence-corrected chi connectivity index (χ3v) is 3.22. The van der Waals surface area contributed by atoms with Gasteiger partial charge in [-0.2, -0.15) is 0 Å². The number of hydrogen-bond acceptors (Lipinski definition) is 5. The van der Waals surface area contributed by atoms with Gasteiger partial charge in [0.25, 0.3) is 0 Å². The summed E-state index contributed by atoms with van der Waals surface area (Å²) in [6.07, 6.45) is 0. The van der Waals surface area contributed by atoms with E-state index in [2.05, 4.69) is 38.8 Å². The predicted molar refractivity (Wildman–Crippen MR) is 62.0 cm³/mol. The van der Waals surface area contributed by atoms with Crippen LogP contribution in [0.2, 0.25) is 0 Å². The lowest BCUT2D eigenvalue weighted by molar-refractivity contribution is 0.477. The number of aromatic nitrogens is 2. The lowest BCUT2D eigenvalue weighted by Crippen LogP contribution is -1.78. The van der Waals surface area contributed by atoms with Gasteiger partial charge >= 0.3 is 0 Å². The van der Waals surface area contributed by atoms with Gasteiger partial charge in [0, 0.05) is 4.47 Å². The molecule has 0 aliphatic heterocycles. The van der Waals surface area contributed by atoms with Crippen LogP contribution < -0.4 is 0 Å². The van der Waals surface area contributed by atoms with Crippen molar-refractivity contribution in [3.8, 4) is 16.3 Å². The molecule has 0 bridgehead atoms. The van der Waals surface area contributed by atoms with Gasteiger partial charge in [-0.05, 0) is 18.2 Å². The van der Waals surface area contributed by atoms with Crippen LogP contribution in [0.1, 0.15) is 0 Å². The van der Waals surface area contributed by atoms with E-state index < -0.39 is 0 Å². The maximum Gasteiger partial charge on any atom is 0.171 e. The molecule has 2 aromatic rings. The van der Waals surface area contributed by atoms with E-state index in [1.54, 1.807) is 18.2 Å². The fourth-order valence-electron chi connectivity index (χ4n) is 1.00. The highest BCUT2D eigenvalue weighted by molar-refractivity contribution is 9.10. The second-order valence-electron chi connectivity index (χ2n) is 2.55. The van der Waals surface area contributed by atoms with Crippen LogP contribution in [-0.2, 0) is 0 Å². The van der Waals surface area contributed by atoms with E-state index in [1.807, 2.05) is 0 Å². The lowest BCUT2D eigenvalue weighted by Gasteiger charge is -1.99. The SMILES string of the molecule is Oc1ccc(Br)cc1-c1nnc(S)s1. The van der Waals surface area contributed by atoms with Crippen molar-refractivity contribution >= 4 is 39.9 Å². The molecule has 1 heterocycles. The summed E-state index contributed by atoms with van der Waals surface area (Å²) < 4.78 is 1.47. The fourth-order valence-corrected chi connectivity index (χ4v) is 2.28. The molecule has 2 rings (SSSR count). The molecular formula is C8H5BrN2OS2. The Balaban J connectivity index is 2.55. The van der Waals surface area contributed by atoms with Gasteiger partial charge in [-0.1, -0.05) is 27.3 Å². The molecule has 0 aliphatic rings. The van der Waals surface area contributed by atoms with Crippen molar-refractivity contribution in [3.63, 3.8) is 0 Å². The summed E-state index contributed by atoms with van der Waals surface area (Å²) >= 11 is 8.72. The number of phenols is 1. The topological polar surface area (TPSA) is 46.0 Å². The zero-order valence-corrected chi connectivity index (χ0v) is 10.1. The van der Waals surface area contributed by atoms with Crippen LogP contribution in [0, 0.1) is 0 Å². The minimum absolute atomic E-state index is 0.192. The smallest absolute Gasteiger partial charge is 0.171 e.